The molecule has 8 nitrogen and oxygen atoms in total. The molecule has 1 N–H and O–H groups in total. The van der Waals surface area contributed by atoms with Gasteiger partial charge >= 0.3 is 5.97 Å². The quantitative estimate of drug-likeness (QED) is 0.546. The van der Waals surface area contributed by atoms with E-state index in [9.17, 15) is 18.0 Å². The van der Waals surface area contributed by atoms with Crippen molar-refractivity contribution in [3.05, 3.63) is 59.2 Å². The molecule has 2 aromatic carbocycles. The zero-order valence-electron chi connectivity index (χ0n) is 16.0. The first-order chi connectivity index (χ1) is 13.8. The lowest BCUT2D eigenvalue weighted by atomic mass is 10.1. The summed E-state index contributed by atoms with van der Waals surface area (Å²) < 4.78 is 37.2. The van der Waals surface area contributed by atoms with Crippen LogP contribution in [0.25, 0.3) is 0 Å². The van der Waals surface area contributed by atoms with E-state index in [4.69, 9.17) is 9.47 Å². The molecule has 0 fully saturated rings. The molecule has 152 valence electrons. The molecule has 0 unspecified atom stereocenters. The van der Waals surface area contributed by atoms with Gasteiger partial charge in [-0.25, -0.2) is 8.42 Å². The summed E-state index contributed by atoms with van der Waals surface area (Å²) in [6, 6.07) is 11.3. The highest BCUT2D eigenvalue weighted by molar-refractivity contribution is 7.90. The Hall–Kier alpha value is -3.20. The fraction of sp³-hybridized carbons (Fsp3) is 0.250. The van der Waals surface area contributed by atoms with E-state index in [1.165, 1.54) is 13.0 Å². The van der Waals surface area contributed by atoms with E-state index >= 15 is 0 Å². The zero-order valence-corrected chi connectivity index (χ0v) is 16.8. The fourth-order valence-electron chi connectivity index (χ4n) is 2.81. The second kappa shape index (κ2) is 8.44. The molecular weight excluding hydrogens is 396 g/mol. The van der Waals surface area contributed by atoms with E-state index in [1.54, 1.807) is 36.4 Å². The minimum atomic E-state index is -3.66. The molecule has 1 aliphatic heterocycles. The standard InChI is InChI=1S/C20H20N2O6S/c1-3-27-17-9-8-14(13(2)23)10-15(17)12-28-19(24)11-21-20-16-6-4-5-7-18(16)29(25,26)22-20/h4-10H,3,11-12H2,1-2H3,(H,21,22). The summed E-state index contributed by atoms with van der Waals surface area (Å²) in [4.78, 5) is 27.9. The molecule has 9 heteroatoms. The molecule has 1 heterocycles. The first-order valence-electron chi connectivity index (χ1n) is 8.90. The number of amidine groups is 1. The number of benzene rings is 2. The minimum Gasteiger partial charge on any atom is -0.493 e. The van der Waals surface area contributed by atoms with Crippen LogP contribution in [0.5, 0.6) is 5.75 Å². The molecule has 0 bridgehead atoms. The molecule has 0 radical (unpaired) electrons. The third-order valence-electron chi connectivity index (χ3n) is 4.18. The summed E-state index contributed by atoms with van der Waals surface area (Å²) in [6.07, 6.45) is 0. The number of aliphatic imine (C=N–C) groups is 1. The molecule has 29 heavy (non-hydrogen) atoms. The highest BCUT2D eigenvalue weighted by Crippen LogP contribution is 2.23. The van der Waals surface area contributed by atoms with Gasteiger partial charge in [-0.3, -0.25) is 19.3 Å². The molecule has 1 aliphatic rings. The van der Waals surface area contributed by atoms with Crippen LogP contribution in [0.2, 0.25) is 0 Å². The van der Waals surface area contributed by atoms with E-state index in [0.717, 1.165) is 0 Å². The lowest BCUT2D eigenvalue weighted by Crippen LogP contribution is -2.23. The topological polar surface area (TPSA) is 111 Å². The largest absolute Gasteiger partial charge is 0.493 e. The van der Waals surface area contributed by atoms with Crippen molar-refractivity contribution in [2.45, 2.75) is 25.3 Å². The Labute approximate surface area is 168 Å². The van der Waals surface area contributed by atoms with Crippen molar-refractivity contribution in [3.63, 3.8) is 0 Å². The Morgan fingerprint density at radius 2 is 1.90 bits per heavy atom. The van der Waals surface area contributed by atoms with Gasteiger partial charge in [0.15, 0.2) is 5.78 Å². The van der Waals surface area contributed by atoms with E-state index < -0.39 is 16.0 Å². The molecule has 0 aromatic heterocycles. The van der Waals surface area contributed by atoms with Crippen molar-refractivity contribution in [1.29, 1.82) is 0 Å². The number of rotatable bonds is 7. The van der Waals surface area contributed by atoms with Crippen molar-refractivity contribution < 1.29 is 27.5 Å². The van der Waals surface area contributed by atoms with E-state index in [2.05, 4.69) is 9.71 Å². The Morgan fingerprint density at radius 1 is 1.14 bits per heavy atom. The first-order valence-corrected chi connectivity index (χ1v) is 10.4. The SMILES string of the molecule is CCOc1ccc(C(C)=O)cc1COC(=O)CN=C1NS(=O)(=O)c2ccccc21. The predicted molar refractivity (Wildman–Crippen MR) is 106 cm³/mol. The molecule has 0 atom stereocenters. The Kier molecular flexibility index (Phi) is 5.97. The summed E-state index contributed by atoms with van der Waals surface area (Å²) in [5.41, 5.74) is 1.46. The Bertz CT molecular complexity index is 1090. The van der Waals surface area contributed by atoms with Crippen LogP contribution >= 0.6 is 0 Å². The monoisotopic (exact) mass is 416 g/mol. The number of hydrogen-bond donors (Lipinski definition) is 1. The van der Waals surface area contributed by atoms with Gasteiger partial charge in [0, 0.05) is 16.7 Å². The lowest BCUT2D eigenvalue weighted by Gasteiger charge is -2.11. The number of carbonyl (C=O) groups is 2. The first kappa shape index (κ1) is 20.5. The second-order valence-corrected chi connectivity index (χ2v) is 7.89. The number of esters is 1. The number of fused-ring (bicyclic) bond motifs is 1. The number of carbonyl (C=O) groups excluding carboxylic acids is 2. The molecular formula is C20H20N2O6S. The molecule has 0 amide bonds. The zero-order chi connectivity index (χ0) is 21.0. The van der Waals surface area contributed by atoms with Crippen LogP contribution in [0.15, 0.2) is 52.4 Å². The smallest absolute Gasteiger partial charge is 0.328 e. The van der Waals surface area contributed by atoms with Gasteiger partial charge < -0.3 is 9.47 Å². The van der Waals surface area contributed by atoms with Crippen molar-refractivity contribution in [2.24, 2.45) is 4.99 Å². The number of nitrogens with one attached hydrogen (secondary N) is 1. The van der Waals surface area contributed by atoms with Gasteiger partial charge in [0.05, 0.1) is 11.5 Å². The van der Waals surface area contributed by atoms with Crippen LogP contribution in [0.4, 0.5) is 0 Å². The summed E-state index contributed by atoms with van der Waals surface area (Å²) in [6.45, 7) is 3.24. The fourth-order valence-corrected chi connectivity index (χ4v) is 4.06. The normalized spacial score (nSPS) is 15.4. The van der Waals surface area contributed by atoms with Crippen molar-refractivity contribution in [2.75, 3.05) is 13.2 Å². The highest BCUT2D eigenvalue weighted by Gasteiger charge is 2.30. The van der Waals surface area contributed by atoms with E-state index in [-0.39, 0.29) is 29.7 Å². The van der Waals surface area contributed by atoms with Gasteiger partial charge in [-0.1, -0.05) is 12.1 Å². The van der Waals surface area contributed by atoms with Crippen LogP contribution in [0.1, 0.15) is 35.3 Å². The summed E-state index contributed by atoms with van der Waals surface area (Å²) >= 11 is 0. The lowest BCUT2D eigenvalue weighted by molar-refractivity contribution is -0.143. The predicted octanol–water partition coefficient (Wildman–Crippen LogP) is 2.07. The van der Waals surface area contributed by atoms with Crippen LogP contribution in [0.3, 0.4) is 0 Å². The maximum atomic E-state index is 12.1. The van der Waals surface area contributed by atoms with Crippen LogP contribution in [-0.4, -0.2) is 39.2 Å². The maximum absolute atomic E-state index is 12.1. The molecule has 0 saturated carbocycles. The molecule has 0 aliphatic carbocycles. The molecule has 2 aromatic rings. The second-order valence-electron chi connectivity index (χ2n) is 6.24. The number of ether oxygens (including phenoxy) is 2. The number of Topliss-reactive ketones (excluding diaryl/α,β-unsaturated/α-hetero) is 1. The molecule has 3 rings (SSSR count). The van der Waals surface area contributed by atoms with Gasteiger partial charge in [0.1, 0.15) is 24.7 Å². The number of nitrogens with zero attached hydrogens (tertiary/aromatic N) is 1. The van der Waals surface area contributed by atoms with Crippen molar-refractivity contribution >= 4 is 27.6 Å². The third-order valence-corrected chi connectivity index (χ3v) is 5.58. The number of ketones is 1. The van der Waals surface area contributed by atoms with Crippen LogP contribution in [-0.2, 0) is 26.2 Å². The third kappa shape index (κ3) is 4.62. The summed E-state index contributed by atoms with van der Waals surface area (Å²) in [5, 5.41) is 0. The molecule has 0 spiro atoms. The van der Waals surface area contributed by atoms with Crippen molar-refractivity contribution in [3.8, 4) is 5.75 Å². The van der Waals surface area contributed by atoms with Crippen LogP contribution < -0.4 is 9.46 Å². The average molecular weight is 416 g/mol. The van der Waals surface area contributed by atoms with Gasteiger partial charge in [0.2, 0.25) is 0 Å². The van der Waals surface area contributed by atoms with E-state index in [0.29, 0.717) is 29.0 Å². The minimum absolute atomic E-state index is 0.0948. The van der Waals surface area contributed by atoms with Gasteiger partial charge in [0.25, 0.3) is 10.0 Å². The van der Waals surface area contributed by atoms with Crippen molar-refractivity contribution in [1.82, 2.24) is 4.72 Å². The summed E-state index contributed by atoms with van der Waals surface area (Å²) in [5.74, 6) is -0.129. The maximum Gasteiger partial charge on any atom is 0.328 e. The van der Waals surface area contributed by atoms with Gasteiger partial charge in [-0.05, 0) is 44.2 Å². The van der Waals surface area contributed by atoms with Gasteiger partial charge in [-0.2, -0.15) is 0 Å². The molecule has 0 saturated heterocycles. The number of hydrogen-bond acceptors (Lipinski definition) is 7. The average Bonchev–Trinajstić information content (AvgIpc) is 2.96. The number of sulfonamides is 1. The Balaban J connectivity index is 1.69. The Morgan fingerprint density at radius 3 is 2.62 bits per heavy atom. The summed E-state index contributed by atoms with van der Waals surface area (Å²) in [7, 11) is -3.66. The van der Waals surface area contributed by atoms with Gasteiger partial charge in [-0.15, -0.1) is 0 Å². The van der Waals surface area contributed by atoms with E-state index in [1.807, 2.05) is 6.92 Å². The highest BCUT2D eigenvalue weighted by atomic mass is 32.2. The van der Waals surface area contributed by atoms with Crippen LogP contribution in [0, 0.1) is 0 Å².